The van der Waals surface area contributed by atoms with Crippen molar-refractivity contribution in [3.8, 4) is 0 Å². The number of hydrogen-bond acceptors (Lipinski definition) is 2. The first-order valence-corrected chi connectivity index (χ1v) is 4.07. The Morgan fingerprint density at radius 1 is 1.30 bits per heavy atom. The summed E-state index contributed by atoms with van der Waals surface area (Å²) in [5.41, 5.74) is 0. The molecule has 2 nitrogen and oxygen atoms in total. The molecule has 0 saturated carbocycles. The van der Waals surface area contributed by atoms with Crippen LogP contribution >= 0.6 is 0 Å². The molecule has 2 heteroatoms. The highest BCUT2D eigenvalue weighted by Crippen LogP contribution is 1.94. The quantitative estimate of drug-likeness (QED) is 0.571. The maximum atomic E-state index is 4.92. The highest BCUT2D eigenvalue weighted by atomic mass is 16.5. The predicted molar refractivity (Wildman–Crippen MR) is 44.2 cm³/mol. The third kappa shape index (κ3) is 4.77. The molecule has 0 atom stereocenters. The Bertz CT molecular complexity index is 62.3. The summed E-state index contributed by atoms with van der Waals surface area (Å²) < 4.78 is 4.92. The van der Waals surface area contributed by atoms with Crippen molar-refractivity contribution in [3.05, 3.63) is 0 Å². The van der Waals surface area contributed by atoms with Crippen LogP contribution in [-0.2, 0) is 4.74 Å². The molecule has 0 rings (SSSR count). The third-order valence-corrected chi connectivity index (χ3v) is 1.72. The number of nitrogens with one attached hydrogen (secondary N) is 1. The van der Waals surface area contributed by atoms with E-state index in [1.165, 1.54) is 12.8 Å². The van der Waals surface area contributed by atoms with Crippen molar-refractivity contribution >= 4 is 0 Å². The van der Waals surface area contributed by atoms with E-state index >= 15 is 0 Å². The van der Waals surface area contributed by atoms with Gasteiger partial charge in [0, 0.05) is 19.7 Å². The van der Waals surface area contributed by atoms with Crippen molar-refractivity contribution in [1.29, 1.82) is 0 Å². The monoisotopic (exact) mass is 145 g/mol. The summed E-state index contributed by atoms with van der Waals surface area (Å²) in [6.07, 6.45) is 2.42. The fourth-order valence-electron chi connectivity index (χ4n) is 0.942. The van der Waals surface area contributed by atoms with Crippen LogP contribution in [0.3, 0.4) is 0 Å². The summed E-state index contributed by atoms with van der Waals surface area (Å²) in [6.45, 7) is 6.20. The first kappa shape index (κ1) is 9.92. The lowest BCUT2D eigenvalue weighted by Crippen LogP contribution is -2.30. The molecule has 0 amide bonds. The van der Waals surface area contributed by atoms with Crippen molar-refractivity contribution in [2.45, 2.75) is 32.7 Å². The second-order valence-corrected chi connectivity index (χ2v) is 2.46. The van der Waals surface area contributed by atoms with Gasteiger partial charge in [0.2, 0.25) is 0 Å². The second-order valence-electron chi connectivity index (χ2n) is 2.46. The largest absolute Gasteiger partial charge is 0.383 e. The van der Waals surface area contributed by atoms with Crippen molar-refractivity contribution in [2.75, 3.05) is 20.3 Å². The molecular weight excluding hydrogens is 126 g/mol. The maximum absolute atomic E-state index is 4.92. The maximum Gasteiger partial charge on any atom is 0.0587 e. The number of hydrogen-bond donors (Lipinski definition) is 1. The summed E-state index contributed by atoms with van der Waals surface area (Å²) in [5.74, 6) is 0. The Morgan fingerprint density at radius 3 is 2.30 bits per heavy atom. The summed E-state index contributed by atoms with van der Waals surface area (Å²) in [5, 5.41) is 3.40. The van der Waals surface area contributed by atoms with Crippen LogP contribution < -0.4 is 5.32 Å². The highest BCUT2D eigenvalue weighted by Gasteiger charge is 1.99. The SMILES string of the molecule is CCC(CC)NCCOC. The molecule has 0 radical (unpaired) electrons. The molecule has 1 N–H and O–H groups in total. The average molecular weight is 145 g/mol. The molecule has 0 bridgehead atoms. The van der Waals surface area contributed by atoms with E-state index in [-0.39, 0.29) is 0 Å². The smallest absolute Gasteiger partial charge is 0.0587 e. The molecule has 0 aliphatic carbocycles. The Kier molecular flexibility index (Phi) is 6.98. The Labute approximate surface area is 64.0 Å². The Balaban J connectivity index is 3.09. The zero-order chi connectivity index (χ0) is 7.82. The highest BCUT2D eigenvalue weighted by molar-refractivity contribution is 4.60. The number of methoxy groups -OCH3 is 1. The van der Waals surface area contributed by atoms with Gasteiger partial charge in [0.25, 0.3) is 0 Å². The number of ether oxygens (including phenoxy) is 1. The lowest BCUT2D eigenvalue weighted by atomic mass is 10.2. The minimum absolute atomic E-state index is 0.676. The zero-order valence-corrected chi connectivity index (χ0v) is 7.31. The van der Waals surface area contributed by atoms with E-state index in [4.69, 9.17) is 4.74 Å². The molecule has 0 aliphatic heterocycles. The van der Waals surface area contributed by atoms with Gasteiger partial charge in [-0.1, -0.05) is 13.8 Å². The number of rotatable bonds is 6. The zero-order valence-electron chi connectivity index (χ0n) is 7.31. The van der Waals surface area contributed by atoms with Gasteiger partial charge in [-0.05, 0) is 12.8 Å². The van der Waals surface area contributed by atoms with Crippen molar-refractivity contribution in [2.24, 2.45) is 0 Å². The van der Waals surface area contributed by atoms with E-state index in [9.17, 15) is 0 Å². The molecule has 0 unspecified atom stereocenters. The summed E-state index contributed by atoms with van der Waals surface area (Å²) in [7, 11) is 1.73. The predicted octanol–water partition coefficient (Wildman–Crippen LogP) is 1.41. The molecule has 0 fully saturated rings. The normalized spacial score (nSPS) is 10.8. The van der Waals surface area contributed by atoms with Crippen LogP contribution in [0.4, 0.5) is 0 Å². The Hall–Kier alpha value is -0.0800. The van der Waals surface area contributed by atoms with E-state index < -0.39 is 0 Å². The van der Waals surface area contributed by atoms with Gasteiger partial charge in [-0.25, -0.2) is 0 Å². The summed E-state index contributed by atoms with van der Waals surface area (Å²) in [6, 6.07) is 0.676. The van der Waals surface area contributed by atoms with Gasteiger partial charge < -0.3 is 10.1 Å². The molecule has 0 aliphatic rings. The van der Waals surface area contributed by atoms with E-state index in [0.29, 0.717) is 6.04 Å². The van der Waals surface area contributed by atoms with Crippen molar-refractivity contribution < 1.29 is 4.74 Å². The molecule has 62 valence electrons. The van der Waals surface area contributed by atoms with E-state index in [0.717, 1.165) is 13.2 Å². The standard InChI is InChI=1S/C8H19NO/c1-4-8(5-2)9-6-7-10-3/h8-9H,4-7H2,1-3H3. The Morgan fingerprint density at radius 2 is 1.90 bits per heavy atom. The summed E-state index contributed by atoms with van der Waals surface area (Å²) >= 11 is 0. The van der Waals surface area contributed by atoms with Gasteiger partial charge in [0.1, 0.15) is 0 Å². The summed E-state index contributed by atoms with van der Waals surface area (Å²) in [4.78, 5) is 0. The van der Waals surface area contributed by atoms with Gasteiger partial charge in [-0.2, -0.15) is 0 Å². The van der Waals surface area contributed by atoms with Crippen LogP contribution in [0.25, 0.3) is 0 Å². The lowest BCUT2D eigenvalue weighted by Gasteiger charge is -2.13. The van der Waals surface area contributed by atoms with E-state index in [2.05, 4.69) is 19.2 Å². The van der Waals surface area contributed by atoms with Crippen molar-refractivity contribution in [1.82, 2.24) is 5.32 Å². The molecule has 0 aromatic heterocycles. The average Bonchev–Trinajstić information content (AvgIpc) is 1.99. The first-order valence-electron chi connectivity index (χ1n) is 4.07. The van der Waals surface area contributed by atoms with Gasteiger partial charge in [-0.15, -0.1) is 0 Å². The molecule has 0 saturated heterocycles. The van der Waals surface area contributed by atoms with Crippen LogP contribution in [-0.4, -0.2) is 26.3 Å². The second kappa shape index (κ2) is 7.03. The van der Waals surface area contributed by atoms with Crippen LogP contribution in [0.15, 0.2) is 0 Å². The fourth-order valence-corrected chi connectivity index (χ4v) is 0.942. The fraction of sp³-hybridized carbons (Fsp3) is 1.00. The molecule has 0 aromatic rings. The van der Waals surface area contributed by atoms with E-state index in [1.807, 2.05) is 0 Å². The molecule has 0 heterocycles. The van der Waals surface area contributed by atoms with Crippen LogP contribution in [0, 0.1) is 0 Å². The molecule has 0 aromatic carbocycles. The molecular formula is C8H19NO. The van der Waals surface area contributed by atoms with Gasteiger partial charge in [-0.3, -0.25) is 0 Å². The van der Waals surface area contributed by atoms with Crippen LogP contribution in [0.1, 0.15) is 26.7 Å². The minimum atomic E-state index is 0.676. The molecule has 0 spiro atoms. The van der Waals surface area contributed by atoms with Gasteiger partial charge >= 0.3 is 0 Å². The van der Waals surface area contributed by atoms with E-state index in [1.54, 1.807) is 7.11 Å². The first-order chi connectivity index (χ1) is 4.85. The van der Waals surface area contributed by atoms with Crippen LogP contribution in [0.2, 0.25) is 0 Å². The van der Waals surface area contributed by atoms with Gasteiger partial charge in [0.05, 0.1) is 6.61 Å². The van der Waals surface area contributed by atoms with Crippen LogP contribution in [0.5, 0.6) is 0 Å². The van der Waals surface area contributed by atoms with Crippen molar-refractivity contribution in [3.63, 3.8) is 0 Å². The van der Waals surface area contributed by atoms with Gasteiger partial charge in [0.15, 0.2) is 0 Å². The lowest BCUT2D eigenvalue weighted by molar-refractivity contribution is 0.195. The molecule has 10 heavy (non-hydrogen) atoms. The topological polar surface area (TPSA) is 21.3 Å². The third-order valence-electron chi connectivity index (χ3n) is 1.72. The minimum Gasteiger partial charge on any atom is -0.383 e.